The second kappa shape index (κ2) is 10.5. The molecule has 1 fully saturated rings. The van der Waals surface area contributed by atoms with Crippen LogP contribution in [0.25, 0.3) is 21.9 Å². The maximum Gasteiger partial charge on any atom is 0.513 e. The number of hydrogen-bond acceptors (Lipinski definition) is 7. The molecule has 5 rings (SSSR count). The standard InChI is InChI=1S/C28H31N3O5/c1-19-6-8-22-25(17-27(32)36-26(22)15-19)31-13-11-30(12-14-31)10-4-3-5-20-18-29-24-9-7-21(16-23(20)24)35-28(33)34-2/h6-9,15-18,29H,3-5,10-14H2,1-2H3. The smallest absolute Gasteiger partial charge is 0.437 e. The summed E-state index contributed by atoms with van der Waals surface area (Å²) in [5.74, 6) is 0.479. The molecule has 0 saturated carbocycles. The number of carbonyl (C=O) groups excluding carboxylic acids is 1. The van der Waals surface area contributed by atoms with Crippen LogP contribution in [0.4, 0.5) is 10.5 Å². The molecule has 0 aliphatic carbocycles. The number of fused-ring (bicyclic) bond motifs is 2. The van der Waals surface area contributed by atoms with Gasteiger partial charge in [-0.1, -0.05) is 6.07 Å². The Hall–Kier alpha value is -3.78. The van der Waals surface area contributed by atoms with Gasteiger partial charge in [-0.05, 0) is 74.2 Å². The molecular weight excluding hydrogens is 458 g/mol. The van der Waals surface area contributed by atoms with Crippen molar-refractivity contribution >= 4 is 33.7 Å². The Kier molecular flexibility index (Phi) is 6.95. The Bertz CT molecular complexity index is 1430. The maximum absolute atomic E-state index is 12.1. The van der Waals surface area contributed by atoms with Gasteiger partial charge in [0.05, 0.1) is 12.8 Å². The van der Waals surface area contributed by atoms with Crippen LogP contribution in [0.5, 0.6) is 5.75 Å². The SMILES string of the molecule is COC(=O)Oc1ccc2[nH]cc(CCCCN3CCN(c4cc(=O)oc5cc(C)ccc45)CC3)c2c1. The van der Waals surface area contributed by atoms with E-state index < -0.39 is 6.16 Å². The predicted octanol–water partition coefficient (Wildman–Crippen LogP) is 4.87. The monoisotopic (exact) mass is 489 g/mol. The number of rotatable bonds is 7. The van der Waals surface area contributed by atoms with Crippen molar-refractivity contribution in [3.63, 3.8) is 0 Å². The van der Waals surface area contributed by atoms with E-state index in [0.29, 0.717) is 11.3 Å². The van der Waals surface area contributed by atoms with Gasteiger partial charge >= 0.3 is 11.8 Å². The highest BCUT2D eigenvalue weighted by Gasteiger charge is 2.20. The molecule has 1 aliphatic heterocycles. The van der Waals surface area contributed by atoms with Crippen LogP contribution in [0.1, 0.15) is 24.0 Å². The molecule has 1 aliphatic rings. The van der Waals surface area contributed by atoms with Crippen LogP contribution in [0.2, 0.25) is 0 Å². The Morgan fingerprint density at radius 3 is 2.67 bits per heavy atom. The summed E-state index contributed by atoms with van der Waals surface area (Å²) in [6, 6.07) is 13.2. The number of anilines is 1. The number of nitrogens with one attached hydrogen (secondary N) is 1. The first-order valence-corrected chi connectivity index (χ1v) is 12.4. The number of hydrogen-bond donors (Lipinski definition) is 1. The highest BCUT2D eigenvalue weighted by atomic mass is 16.7. The lowest BCUT2D eigenvalue weighted by Gasteiger charge is -2.36. The molecule has 188 valence electrons. The van der Waals surface area contributed by atoms with Crippen LogP contribution in [0, 0.1) is 6.92 Å². The van der Waals surface area contributed by atoms with Gasteiger partial charge in [-0.25, -0.2) is 9.59 Å². The van der Waals surface area contributed by atoms with Crippen LogP contribution in [0.3, 0.4) is 0 Å². The highest BCUT2D eigenvalue weighted by molar-refractivity contribution is 5.90. The van der Waals surface area contributed by atoms with E-state index >= 15 is 0 Å². The van der Waals surface area contributed by atoms with Crippen LogP contribution in [-0.2, 0) is 11.2 Å². The first-order chi connectivity index (χ1) is 17.5. The molecule has 1 N–H and O–H groups in total. The first-order valence-electron chi connectivity index (χ1n) is 12.4. The maximum atomic E-state index is 12.1. The zero-order chi connectivity index (χ0) is 25.1. The van der Waals surface area contributed by atoms with Crippen molar-refractivity contribution in [2.45, 2.75) is 26.2 Å². The van der Waals surface area contributed by atoms with E-state index in [-0.39, 0.29) is 5.63 Å². The lowest BCUT2D eigenvalue weighted by Crippen LogP contribution is -2.46. The zero-order valence-electron chi connectivity index (χ0n) is 20.7. The predicted molar refractivity (Wildman–Crippen MR) is 140 cm³/mol. The second-order valence-corrected chi connectivity index (χ2v) is 9.31. The van der Waals surface area contributed by atoms with Crippen LogP contribution >= 0.6 is 0 Å². The van der Waals surface area contributed by atoms with E-state index in [1.165, 1.54) is 12.7 Å². The number of piperazine rings is 1. The fourth-order valence-electron chi connectivity index (χ4n) is 4.94. The Labute approximate surface area is 209 Å². The van der Waals surface area contributed by atoms with Crippen molar-refractivity contribution in [2.24, 2.45) is 0 Å². The Morgan fingerprint density at radius 1 is 1.03 bits per heavy atom. The number of methoxy groups -OCH3 is 1. The quantitative estimate of drug-likeness (QED) is 0.171. The summed E-state index contributed by atoms with van der Waals surface area (Å²) in [6.45, 7) is 6.75. The third kappa shape index (κ3) is 5.23. The lowest BCUT2D eigenvalue weighted by molar-refractivity contribution is 0.121. The summed E-state index contributed by atoms with van der Waals surface area (Å²) in [4.78, 5) is 31.6. The number of ether oxygens (including phenoxy) is 2. The number of benzene rings is 2. The molecular formula is C28H31N3O5. The summed E-state index contributed by atoms with van der Waals surface area (Å²) in [6.07, 6.45) is 4.44. The van der Waals surface area contributed by atoms with Gasteiger partial charge < -0.3 is 23.8 Å². The van der Waals surface area contributed by atoms with E-state index in [2.05, 4.69) is 25.6 Å². The molecule has 0 radical (unpaired) electrons. The number of nitrogens with zero attached hydrogens (tertiary/aromatic N) is 2. The number of aromatic nitrogens is 1. The third-order valence-corrected chi connectivity index (χ3v) is 6.87. The fraction of sp³-hybridized carbons (Fsp3) is 0.357. The van der Waals surface area contributed by atoms with Gasteiger partial charge in [0.25, 0.3) is 0 Å². The number of unbranched alkanes of at least 4 members (excludes halogenated alkanes) is 1. The third-order valence-electron chi connectivity index (χ3n) is 6.87. The minimum Gasteiger partial charge on any atom is -0.437 e. The van der Waals surface area contributed by atoms with Crippen molar-refractivity contribution in [1.29, 1.82) is 0 Å². The van der Waals surface area contributed by atoms with Gasteiger partial charge in [0, 0.05) is 54.7 Å². The van der Waals surface area contributed by atoms with E-state index in [1.807, 2.05) is 37.4 Å². The molecule has 8 nitrogen and oxygen atoms in total. The van der Waals surface area contributed by atoms with Crippen LogP contribution < -0.4 is 15.3 Å². The van der Waals surface area contributed by atoms with E-state index in [9.17, 15) is 9.59 Å². The first kappa shape index (κ1) is 23.9. The van der Waals surface area contributed by atoms with Crippen molar-refractivity contribution in [2.75, 3.05) is 44.7 Å². The minimum absolute atomic E-state index is 0.299. The summed E-state index contributed by atoms with van der Waals surface area (Å²) in [5.41, 5.74) is 4.64. The average Bonchev–Trinajstić information content (AvgIpc) is 3.28. The molecule has 1 saturated heterocycles. The Morgan fingerprint density at radius 2 is 1.86 bits per heavy atom. The van der Waals surface area contributed by atoms with Crippen LogP contribution in [0.15, 0.2) is 57.9 Å². The van der Waals surface area contributed by atoms with Gasteiger partial charge in [-0.15, -0.1) is 0 Å². The van der Waals surface area contributed by atoms with Crippen molar-refractivity contribution in [1.82, 2.24) is 9.88 Å². The average molecular weight is 490 g/mol. The number of H-pyrrole nitrogens is 1. The second-order valence-electron chi connectivity index (χ2n) is 9.31. The number of carbonyl (C=O) groups is 1. The molecule has 2 aromatic heterocycles. The van der Waals surface area contributed by atoms with Crippen molar-refractivity contribution in [3.05, 3.63) is 70.2 Å². The van der Waals surface area contributed by atoms with Gasteiger partial charge in [0.15, 0.2) is 0 Å². The summed E-state index contributed by atoms with van der Waals surface area (Å²) in [5, 5.41) is 2.06. The summed E-state index contributed by atoms with van der Waals surface area (Å²) >= 11 is 0. The molecule has 0 unspecified atom stereocenters. The van der Waals surface area contributed by atoms with Crippen molar-refractivity contribution < 1.29 is 18.7 Å². The fourth-order valence-corrected chi connectivity index (χ4v) is 4.94. The normalized spacial score (nSPS) is 14.4. The number of aromatic amines is 1. The molecule has 0 atom stereocenters. The zero-order valence-corrected chi connectivity index (χ0v) is 20.7. The largest absolute Gasteiger partial charge is 0.513 e. The van der Waals surface area contributed by atoms with Crippen LogP contribution in [-0.4, -0.2) is 55.9 Å². The lowest BCUT2D eigenvalue weighted by atomic mass is 10.1. The highest BCUT2D eigenvalue weighted by Crippen LogP contribution is 2.28. The summed E-state index contributed by atoms with van der Waals surface area (Å²) < 4.78 is 15.2. The summed E-state index contributed by atoms with van der Waals surface area (Å²) in [7, 11) is 1.30. The number of aryl methyl sites for hydroxylation is 2. The molecule has 36 heavy (non-hydrogen) atoms. The molecule has 4 aromatic rings. The molecule has 0 amide bonds. The van der Waals surface area contributed by atoms with Gasteiger partial charge in [-0.2, -0.15) is 0 Å². The molecule has 2 aromatic carbocycles. The molecule has 3 heterocycles. The Balaban J connectivity index is 1.13. The van der Waals surface area contributed by atoms with E-state index in [1.54, 1.807) is 12.1 Å². The van der Waals surface area contributed by atoms with E-state index in [4.69, 9.17) is 9.15 Å². The minimum atomic E-state index is -0.717. The molecule has 0 bridgehead atoms. The molecule has 0 spiro atoms. The van der Waals surface area contributed by atoms with E-state index in [0.717, 1.165) is 79.5 Å². The van der Waals surface area contributed by atoms with Crippen molar-refractivity contribution in [3.8, 4) is 5.75 Å². The topological polar surface area (TPSA) is 88.0 Å². The molecule has 8 heteroatoms. The van der Waals surface area contributed by atoms with Gasteiger partial charge in [0.2, 0.25) is 0 Å². The van der Waals surface area contributed by atoms with Gasteiger partial charge in [0.1, 0.15) is 11.3 Å². The van der Waals surface area contributed by atoms with Gasteiger partial charge in [-0.3, -0.25) is 4.90 Å².